The first-order chi connectivity index (χ1) is 9.66. The molecule has 3 rings (SSSR count). The Morgan fingerprint density at radius 3 is 2.95 bits per heavy atom. The van der Waals surface area contributed by atoms with E-state index < -0.39 is 11.9 Å². The van der Waals surface area contributed by atoms with E-state index in [1.807, 2.05) is 18.2 Å². The summed E-state index contributed by atoms with van der Waals surface area (Å²) in [6, 6.07) is 5.39. The lowest BCUT2D eigenvalue weighted by molar-refractivity contribution is -0.121. The van der Waals surface area contributed by atoms with Crippen LogP contribution >= 0.6 is 0 Å². The molecule has 0 aromatic heterocycles. The van der Waals surface area contributed by atoms with Gasteiger partial charge in [-0.2, -0.15) is 0 Å². The zero-order valence-electron chi connectivity index (χ0n) is 11.4. The molecule has 0 saturated carbocycles. The molecule has 0 radical (unpaired) electrons. The van der Waals surface area contributed by atoms with Crippen molar-refractivity contribution < 1.29 is 9.59 Å². The van der Waals surface area contributed by atoms with Gasteiger partial charge in [-0.1, -0.05) is 6.07 Å². The van der Waals surface area contributed by atoms with Crippen molar-refractivity contribution in [2.45, 2.75) is 31.8 Å². The van der Waals surface area contributed by atoms with Crippen LogP contribution < -0.4 is 11.1 Å². The highest BCUT2D eigenvalue weighted by molar-refractivity contribution is 5.97. The van der Waals surface area contributed by atoms with E-state index in [0.717, 1.165) is 25.9 Å². The molecule has 5 nitrogen and oxygen atoms in total. The van der Waals surface area contributed by atoms with Gasteiger partial charge in [0.25, 0.3) is 5.91 Å². The SMILES string of the molecule is NC(=O)C1CCCN1C(=O)c1ccc2c(c1)CNCC2. The van der Waals surface area contributed by atoms with Gasteiger partial charge in [0.15, 0.2) is 0 Å². The van der Waals surface area contributed by atoms with E-state index in [2.05, 4.69) is 5.32 Å². The van der Waals surface area contributed by atoms with Crippen LogP contribution in [0.15, 0.2) is 18.2 Å². The number of carbonyl (C=O) groups is 2. The average Bonchev–Trinajstić information content (AvgIpc) is 2.95. The summed E-state index contributed by atoms with van der Waals surface area (Å²) in [6.07, 6.45) is 2.51. The maximum absolute atomic E-state index is 12.5. The van der Waals surface area contributed by atoms with Crippen LogP contribution in [0.1, 0.15) is 34.3 Å². The Labute approximate surface area is 118 Å². The second-order valence-corrected chi connectivity index (χ2v) is 5.47. The first-order valence-corrected chi connectivity index (χ1v) is 7.09. The van der Waals surface area contributed by atoms with Crippen molar-refractivity contribution in [2.75, 3.05) is 13.1 Å². The molecule has 20 heavy (non-hydrogen) atoms. The van der Waals surface area contributed by atoms with E-state index in [1.165, 1.54) is 11.1 Å². The third-order valence-electron chi connectivity index (χ3n) is 4.18. The van der Waals surface area contributed by atoms with Crippen LogP contribution in [0.2, 0.25) is 0 Å². The molecule has 1 unspecified atom stereocenters. The van der Waals surface area contributed by atoms with Gasteiger partial charge in [-0.15, -0.1) is 0 Å². The van der Waals surface area contributed by atoms with Crippen molar-refractivity contribution >= 4 is 11.8 Å². The predicted molar refractivity (Wildman–Crippen MR) is 75.1 cm³/mol. The summed E-state index contributed by atoms with van der Waals surface area (Å²) < 4.78 is 0. The van der Waals surface area contributed by atoms with Gasteiger partial charge in [0.1, 0.15) is 6.04 Å². The number of primary amides is 1. The lowest BCUT2D eigenvalue weighted by atomic mass is 9.98. The second-order valence-electron chi connectivity index (χ2n) is 5.47. The number of benzene rings is 1. The summed E-state index contributed by atoms with van der Waals surface area (Å²) in [5.41, 5.74) is 8.50. The molecular formula is C15H19N3O2. The molecule has 5 heteroatoms. The van der Waals surface area contributed by atoms with E-state index in [0.29, 0.717) is 18.5 Å². The number of fused-ring (bicyclic) bond motifs is 1. The zero-order chi connectivity index (χ0) is 14.1. The normalized spacial score (nSPS) is 21.6. The Balaban J connectivity index is 1.85. The fourth-order valence-electron chi connectivity index (χ4n) is 3.08. The minimum absolute atomic E-state index is 0.0836. The second kappa shape index (κ2) is 5.25. The van der Waals surface area contributed by atoms with Gasteiger partial charge in [0.2, 0.25) is 5.91 Å². The van der Waals surface area contributed by atoms with Crippen LogP contribution in [0.25, 0.3) is 0 Å². The van der Waals surface area contributed by atoms with Crippen LogP contribution in [0, 0.1) is 0 Å². The van der Waals surface area contributed by atoms with Crippen LogP contribution in [-0.4, -0.2) is 35.8 Å². The molecule has 0 spiro atoms. The number of hydrogen-bond donors (Lipinski definition) is 2. The van der Waals surface area contributed by atoms with Gasteiger partial charge in [0.05, 0.1) is 0 Å². The first kappa shape index (κ1) is 13.1. The predicted octanol–water partition coefficient (Wildman–Crippen LogP) is 0.422. The first-order valence-electron chi connectivity index (χ1n) is 7.09. The van der Waals surface area contributed by atoms with Crippen LogP contribution in [0.4, 0.5) is 0 Å². The summed E-state index contributed by atoms with van der Waals surface area (Å²) in [4.78, 5) is 25.6. The maximum atomic E-state index is 12.5. The van der Waals surface area contributed by atoms with Gasteiger partial charge in [-0.3, -0.25) is 9.59 Å². The van der Waals surface area contributed by atoms with Crippen molar-refractivity contribution in [3.8, 4) is 0 Å². The third-order valence-corrected chi connectivity index (χ3v) is 4.18. The molecule has 1 aromatic rings. The Morgan fingerprint density at radius 2 is 2.15 bits per heavy atom. The zero-order valence-corrected chi connectivity index (χ0v) is 11.4. The van der Waals surface area contributed by atoms with Crippen molar-refractivity contribution in [1.29, 1.82) is 0 Å². The number of hydrogen-bond acceptors (Lipinski definition) is 3. The smallest absolute Gasteiger partial charge is 0.254 e. The lowest BCUT2D eigenvalue weighted by Gasteiger charge is -2.23. The molecule has 0 bridgehead atoms. The number of likely N-dealkylation sites (tertiary alicyclic amines) is 1. The minimum Gasteiger partial charge on any atom is -0.368 e. The monoisotopic (exact) mass is 273 g/mol. The highest BCUT2D eigenvalue weighted by Gasteiger charge is 2.33. The van der Waals surface area contributed by atoms with Gasteiger partial charge in [0, 0.05) is 18.7 Å². The number of amides is 2. The summed E-state index contributed by atoms with van der Waals surface area (Å²) in [6.45, 7) is 2.40. The Hall–Kier alpha value is -1.88. The van der Waals surface area contributed by atoms with Crippen LogP contribution in [0.5, 0.6) is 0 Å². The Kier molecular flexibility index (Phi) is 3.44. The molecule has 2 heterocycles. The number of rotatable bonds is 2. The topological polar surface area (TPSA) is 75.4 Å². The number of nitrogens with two attached hydrogens (primary N) is 1. The van der Waals surface area contributed by atoms with Crippen LogP contribution in [-0.2, 0) is 17.8 Å². The van der Waals surface area contributed by atoms with E-state index in [-0.39, 0.29) is 5.91 Å². The Bertz CT molecular complexity index is 556. The Morgan fingerprint density at radius 1 is 1.30 bits per heavy atom. The summed E-state index contributed by atoms with van der Waals surface area (Å²) >= 11 is 0. The fourth-order valence-corrected chi connectivity index (χ4v) is 3.08. The molecule has 3 N–H and O–H groups in total. The van der Waals surface area contributed by atoms with Gasteiger partial charge in [-0.25, -0.2) is 0 Å². The number of nitrogens with zero attached hydrogens (tertiary/aromatic N) is 1. The third kappa shape index (κ3) is 2.29. The van der Waals surface area contributed by atoms with E-state index in [1.54, 1.807) is 4.90 Å². The molecule has 2 aliphatic heterocycles. The summed E-state index contributed by atoms with van der Waals surface area (Å²) in [5.74, 6) is -0.491. The lowest BCUT2D eigenvalue weighted by Crippen LogP contribution is -2.43. The van der Waals surface area contributed by atoms with Crippen molar-refractivity contribution in [2.24, 2.45) is 5.73 Å². The molecule has 1 fully saturated rings. The molecule has 106 valence electrons. The van der Waals surface area contributed by atoms with E-state index in [4.69, 9.17) is 5.73 Å². The van der Waals surface area contributed by atoms with Crippen molar-refractivity contribution in [3.63, 3.8) is 0 Å². The standard InChI is InChI=1S/C15H19N3O2/c16-14(19)13-2-1-7-18(13)15(20)11-4-3-10-5-6-17-9-12(10)8-11/h3-4,8,13,17H,1-2,5-7,9H2,(H2,16,19). The van der Waals surface area contributed by atoms with Gasteiger partial charge >= 0.3 is 0 Å². The highest BCUT2D eigenvalue weighted by Crippen LogP contribution is 2.22. The van der Waals surface area contributed by atoms with E-state index in [9.17, 15) is 9.59 Å². The van der Waals surface area contributed by atoms with Crippen LogP contribution in [0.3, 0.4) is 0 Å². The van der Waals surface area contributed by atoms with Gasteiger partial charge in [-0.05, 0) is 49.1 Å². The summed E-state index contributed by atoms with van der Waals surface area (Å²) in [5, 5.41) is 3.30. The van der Waals surface area contributed by atoms with E-state index >= 15 is 0 Å². The fraction of sp³-hybridized carbons (Fsp3) is 0.467. The van der Waals surface area contributed by atoms with Crippen molar-refractivity contribution in [3.05, 3.63) is 34.9 Å². The molecule has 0 aliphatic carbocycles. The van der Waals surface area contributed by atoms with Crippen molar-refractivity contribution in [1.82, 2.24) is 10.2 Å². The number of nitrogens with one attached hydrogen (secondary N) is 1. The summed E-state index contributed by atoms with van der Waals surface area (Å²) in [7, 11) is 0. The molecule has 1 atom stereocenters. The average molecular weight is 273 g/mol. The van der Waals surface area contributed by atoms with Gasteiger partial charge < -0.3 is 16.0 Å². The quantitative estimate of drug-likeness (QED) is 0.820. The molecule has 2 amide bonds. The molecular weight excluding hydrogens is 254 g/mol. The minimum atomic E-state index is -0.448. The maximum Gasteiger partial charge on any atom is 0.254 e. The molecule has 2 aliphatic rings. The molecule has 1 aromatic carbocycles. The molecule has 1 saturated heterocycles. The highest BCUT2D eigenvalue weighted by atomic mass is 16.2. The largest absolute Gasteiger partial charge is 0.368 e. The number of carbonyl (C=O) groups excluding carboxylic acids is 2.